The van der Waals surface area contributed by atoms with Crippen molar-refractivity contribution in [1.82, 2.24) is 4.90 Å². The van der Waals surface area contributed by atoms with Gasteiger partial charge in [-0.3, -0.25) is 9.69 Å². The molecule has 1 amide bonds. The quantitative estimate of drug-likeness (QED) is 0.835. The molecule has 6 nitrogen and oxygen atoms in total. The third-order valence-electron chi connectivity index (χ3n) is 8.21. The monoisotopic (exact) mass is 386 g/mol. The van der Waals surface area contributed by atoms with Crippen molar-refractivity contribution in [3.05, 3.63) is 17.7 Å². The summed E-state index contributed by atoms with van der Waals surface area (Å²) >= 11 is 0. The highest BCUT2D eigenvalue weighted by Crippen LogP contribution is 2.67. The van der Waals surface area contributed by atoms with E-state index in [9.17, 15) is 15.0 Å². The Bertz CT molecular complexity index is 823. The Morgan fingerprint density at radius 2 is 2.11 bits per heavy atom. The fraction of sp³-hybridized carbons (Fsp3) is 0.682. The summed E-state index contributed by atoms with van der Waals surface area (Å²) in [5.74, 6) is 0.483. The van der Waals surface area contributed by atoms with Crippen LogP contribution >= 0.6 is 0 Å². The van der Waals surface area contributed by atoms with E-state index in [0.717, 1.165) is 50.8 Å². The van der Waals surface area contributed by atoms with Crippen molar-refractivity contribution in [2.45, 2.75) is 62.9 Å². The molecule has 5 rings (SSSR count). The molecule has 1 aromatic carbocycles. The molecule has 0 radical (unpaired) electrons. The highest BCUT2D eigenvalue weighted by molar-refractivity contribution is 5.98. The molecule has 0 aromatic heterocycles. The van der Waals surface area contributed by atoms with Crippen molar-refractivity contribution < 1.29 is 19.7 Å². The van der Waals surface area contributed by atoms with Crippen molar-refractivity contribution >= 4 is 11.6 Å². The molecule has 0 bridgehead atoms. The minimum atomic E-state index is -0.168. The first kappa shape index (κ1) is 18.3. The summed E-state index contributed by atoms with van der Waals surface area (Å²) < 4.78 is 5.36. The number of rotatable bonds is 3. The number of aliphatic hydroxyl groups is 1. The molecule has 152 valence electrons. The van der Waals surface area contributed by atoms with E-state index in [1.165, 1.54) is 6.42 Å². The second-order valence-electron chi connectivity index (χ2n) is 9.12. The number of methoxy groups -OCH3 is 1. The van der Waals surface area contributed by atoms with E-state index in [1.54, 1.807) is 14.0 Å². The SMILES string of the molecule is COc1ccc2c(c1O)N(C(C)=O)[C@@H]1CC[C@@]3(CCO)CCCN4CC[C@@]21[C@H]43. The standard InChI is InChI=1S/C22H30N2O4/c1-14(26)24-17-6-8-21(10-13-25)7-3-11-23-12-9-22(17,20(21)23)15-4-5-16(28-2)19(27)18(15)24/h4-5,17,20,25,27H,3,6-13H2,1-2H3/t17-,20-,21-,22-/m1/s1. The van der Waals surface area contributed by atoms with Crippen LogP contribution in [0.25, 0.3) is 0 Å². The second-order valence-corrected chi connectivity index (χ2v) is 9.12. The van der Waals surface area contributed by atoms with Crippen LogP contribution in [0.5, 0.6) is 11.5 Å². The molecule has 4 atom stereocenters. The van der Waals surface area contributed by atoms with E-state index in [4.69, 9.17) is 4.74 Å². The van der Waals surface area contributed by atoms with Crippen LogP contribution in [0.4, 0.5) is 5.69 Å². The molecule has 1 spiro atoms. The number of phenols is 1. The van der Waals surface area contributed by atoms with E-state index in [-0.39, 0.29) is 35.1 Å². The van der Waals surface area contributed by atoms with Crippen LogP contribution in [-0.2, 0) is 10.2 Å². The molecular formula is C22H30N2O4. The number of phenolic OH excluding ortho intramolecular Hbond substituents is 1. The van der Waals surface area contributed by atoms with Crippen molar-refractivity contribution in [2.24, 2.45) is 5.41 Å². The Hall–Kier alpha value is -1.79. The van der Waals surface area contributed by atoms with Crippen LogP contribution in [0.15, 0.2) is 12.1 Å². The number of piperidine rings is 1. The topological polar surface area (TPSA) is 73.2 Å². The van der Waals surface area contributed by atoms with E-state index in [2.05, 4.69) is 11.0 Å². The zero-order chi connectivity index (χ0) is 19.7. The number of benzene rings is 1. The lowest BCUT2D eigenvalue weighted by Gasteiger charge is -2.58. The van der Waals surface area contributed by atoms with Crippen LogP contribution in [0.2, 0.25) is 0 Å². The van der Waals surface area contributed by atoms with Gasteiger partial charge in [0.25, 0.3) is 0 Å². The van der Waals surface area contributed by atoms with Gasteiger partial charge in [0.15, 0.2) is 11.5 Å². The molecule has 3 aliphatic heterocycles. The molecule has 3 fully saturated rings. The summed E-state index contributed by atoms with van der Waals surface area (Å²) in [4.78, 5) is 17.2. The number of aliphatic hydroxyl groups excluding tert-OH is 1. The van der Waals surface area contributed by atoms with E-state index >= 15 is 0 Å². The van der Waals surface area contributed by atoms with Crippen molar-refractivity contribution in [3.8, 4) is 11.5 Å². The maximum absolute atomic E-state index is 12.8. The molecule has 1 saturated carbocycles. The average molecular weight is 386 g/mol. The van der Waals surface area contributed by atoms with Gasteiger partial charge in [-0.15, -0.1) is 0 Å². The lowest BCUT2D eigenvalue weighted by atomic mass is 9.52. The summed E-state index contributed by atoms with van der Waals surface area (Å²) in [5.41, 5.74) is 1.68. The van der Waals surface area contributed by atoms with Gasteiger partial charge in [-0.05, 0) is 68.7 Å². The Morgan fingerprint density at radius 3 is 2.82 bits per heavy atom. The van der Waals surface area contributed by atoms with Crippen molar-refractivity contribution in [3.63, 3.8) is 0 Å². The highest BCUT2D eigenvalue weighted by Gasteiger charge is 2.68. The molecule has 1 aliphatic carbocycles. The lowest BCUT2D eigenvalue weighted by molar-refractivity contribution is -0.118. The van der Waals surface area contributed by atoms with Gasteiger partial charge < -0.3 is 19.8 Å². The number of carbonyl (C=O) groups is 1. The Labute approximate surface area is 166 Å². The molecule has 0 unspecified atom stereocenters. The number of fused-ring (bicyclic) bond motifs is 1. The molecule has 6 heteroatoms. The van der Waals surface area contributed by atoms with Gasteiger partial charge in [0, 0.05) is 31.0 Å². The van der Waals surface area contributed by atoms with Crippen LogP contribution in [-0.4, -0.2) is 59.9 Å². The largest absolute Gasteiger partial charge is 0.503 e. The Balaban J connectivity index is 1.75. The minimum Gasteiger partial charge on any atom is -0.503 e. The predicted molar refractivity (Wildman–Crippen MR) is 106 cm³/mol. The fourth-order valence-corrected chi connectivity index (χ4v) is 7.47. The van der Waals surface area contributed by atoms with Gasteiger partial charge in [-0.25, -0.2) is 0 Å². The summed E-state index contributed by atoms with van der Waals surface area (Å²) in [6, 6.07) is 4.31. The van der Waals surface area contributed by atoms with Crippen LogP contribution in [0.3, 0.4) is 0 Å². The highest BCUT2D eigenvalue weighted by atomic mass is 16.5. The third kappa shape index (κ3) is 2.03. The zero-order valence-electron chi connectivity index (χ0n) is 16.8. The van der Waals surface area contributed by atoms with E-state index in [0.29, 0.717) is 17.5 Å². The molecule has 1 aromatic rings. The van der Waals surface area contributed by atoms with Gasteiger partial charge >= 0.3 is 0 Å². The Morgan fingerprint density at radius 1 is 1.29 bits per heavy atom. The number of hydrogen-bond acceptors (Lipinski definition) is 5. The third-order valence-corrected chi connectivity index (χ3v) is 8.21. The average Bonchev–Trinajstić information content (AvgIpc) is 3.21. The maximum Gasteiger partial charge on any atom is 0.224 e. The number of carbonyl (C=O) groups excluding carboxylic acids is 1. The van der Waals surface area contributed by atoms with Gasteiger partial charge in [0.2, 0.25) is 5.91 Å². The van der Waals surface area contributed by atoms with Crippen LogP contribution in [0, 0.1) is 5.41 Å². The van der Waals surface area contributed by atoms with E-state index < -0.39 is 0 Å². The number of aromatic hydroxyl groups is 1. The van der Waals surface area contributed by atoms with E-state index in [1.807, 2.05) is 11.0 Å². The Kier molecular flexibility index (Phi) is 3.98. The molecular weight excluding hydrogens is 356 g/mol. The predicted octanol–water partition coefficient (Wildman–Crippen LogP) is 2.40. The van der Waals surface area contributed by atoms with Crippen LogP contribution < -0.4 is 9.64 Å². The number of ether oxygens (including phenoxy) is 1. The van der Waals surface area contributed by atoms with Crippen LogP contribution in [0.1, 0.15) is 51.0 Å². The first-order valence-corrected chi connectivity index (χ1v) is 10.6. The van der Waals surface area contributed by atoms with Gasteiger partial charge in [0.05, 0.1) is 12.8 Å². The summed E-state index contributed by atoms with van der Waals surface area (Å²) in [5, 5.41) is 20.9. The smallest absolute Gasteiger partial charge is 0.224 e. The minimum absolute atomic E-state index is 0.0180. The number of amides is 1. The molecule has 2 saturated heterocycles. The molecule has 4 aliphatic rings. The van der Waals surface area contributed by atoms with Gasteiger partial charge in [0.1, 0.15) is 0 Å². The first-order chi connectivity index (χ1) is 13.5. The van der Waals surface area contributed by atoms with Crippen molar-refractivity contribution in [2.75, 3.05) is 31.7 Å². The molecule has 2 N–H and O–H groups in total. The summed E-state index contributed by atoms with van der Waals surface area (Å²) in [6.45, 7) is 3.92. The zero-order valence-corrected chi connectivity index (χ0v) is 16.8. The van der Waals surface area contributed by atoms with Gasteiger partial charge in [-0.2, -0.15) is 0 Å². The summed E-state index contributed by atoms with van der Waals surface area (Å²) in [7, 11) is 1.55. The first-order valence-electron chi connectivity index (χ1n) is 10.6. The second kappa shape index (κ2) is 6.10. The number of anilines is 1. The fourth-order valence-electron chi connectivity index (χ4n) is 7.47. The molecule has 28 heavy (non-hydrogen) atoms. The number of nitrogens with zero attached hydrogens (tertiary/aromatic N) is 2. The number of hydrogen-bond donors (Lipinski definition) is 2. The maximum atomic E-state index is 12.8. The van der Waals surface area contributed by atoms with Gasteiger partial charge in [-0.1, -0.05) is 6.07 Å². The van der Waals surface area contributed by atoms with Crippen molar-refractivity contribution in [1.29, 1.82) is 0 Å². The summed E-state index contributed by atoms with van der Waals surface area (Å²) in [6.07, 6.45) is 6.07. The lowest BCUT2D eigenvalue weighted by Crippen LogP contribution is -2.65. The molecule has 3 heterocycles. The normalized spacial score (nSPS) is 36.0.